The number of nitrogens with one attached hydrogen (secondary N) is 1. The molecule has 1 heterocycles. The number of hydrogen-bond donors (Lipinski definition) is 1. The van der Waals surface area contributed by atoms with Crippen LogP contribution in [0.4, 0.5) is 0 Å². The Bertz CT molecular complexity index is 566. The molecule has 1 atom stereocenters. The van der Waals surface area contributed by atoms with Gasteiger partial charge in [0, 0.05) is 45.3 Å². The second kappa shape index (κ2) is 14.8. The third-order valence-electron chi connectivity index (χ3n) is 5.12. The number of guanidine groups is 1. The number of piperazine rings is 1. The predicted molar refractivity (Wildman–Crippen MR) is 132 cm³/mol. The molecule has 0 aromatic rings. The van der Waals surface area contributed by atoms with Gasteiger partial charge in [0.05, 0.1) is 25.0 Å². The van der Waals surface area contributed by atoms with Crippen LogP contribution in [-0.2, 0) is 14.8 Å². The summed E-state index contributed by atoms with van der Waals surface area (Å²) in [4.78, 5) is 9.22. The lowest BCUT2D eigenvalue weighted by Crippen LogP contribution is -2.54. The third kappa shape index (κ3) is 10.6. The summed E-state index contributed by atoms with van der Waals surface area (Å²) >= 11 is 0. The minimum Gasteiger partial charge on any atom is -0.378 e. The van der Waals surface area contributed by atoms with Gasteiger partial charge in [0.2, 0.25) is 10.0 Å². The molecule has 0 aliphatic carbocycles. The number of aliphatic imine (C=N–C) groups is 1. The maximum Gasteiger partial charge on any atom is 0.216 e. The highest BCUT2D eigenvalue weighted by Gasteiger charge is 2.28. The second-order valence-corrected chi connectivity index (χ2v) is 9.68. The highest BCUT2D eigenvalue weighted by molar-refractivity contribution is 14.0. The van der Waals surface area contributed by atoms with Crippen molar-refractivity contribution in [2.24, 2.45) is 4.99 Å². The van der Waals surface area contributed by atoms with Crippen molar-refractivity contribution in [3.05, 3.63) is 0 Å². The number of sulfonamides is 1. The minimum atomic E-state index is -3.27. The van der Waals surface area contributed by atoms with E-state index in [1.165, 1.54) is 0 Å². The highest BCUT2D eigenvalue weighted by atomic mass is 127. The lowest BCUT2D eigenvalue weighted by molar-refractivity contribution is 0.0904. The Balaban J connectivity index is 0.00000784. The highest BCUT2D eigenvalue weighted by Crippen LogP contribution is 2.09. The van der Waals surface area contributed by atoms with E-state index in [1.807, 2.05) is 13.8 Å². The van der Waals surface area contributed by atoms with Gasteiger partial charge in [-0.15, -0.1) is 24.0 Å². The zero-order chi connectivity index (χ0) is 21.2. The molecule has 0 aromatic heterocycles. The van der Waals surface area contributed by atoms with Crippen LogP contribution in [0, 0.1) is 0 Å². The zero-order valence-electron chi connectivity index (χ0n) is 19.1. The first-order valence-corrected chi connectivity index (χ1v) is 12.1. The normalized spacial score (nSPS) is 17.5. The van der Waals surface area contributed by atoms with E-state index in [2.05, 4.69) is 42.9 Å². The molecule has 0 bridgehead atoms. The standard InChI is InChI=1S/C19H41N5O3S.HI/c1-7-18(5)22(6)10-9-21-19(20-8-2)23-11-13-24(14-12-23)28(25,26)16-15-27-17(3)4;/h17-18H,7-16H2,1-6H3,(H,20,21);1H. The van der Waals surface area contributed by atoms with Gasteiger partial charge < -0.3 is 19.9 Å². The van der Waals surface area contributed by atoms with Gasteiger partial charge in [-0.2, -0.15) is 4.31 Å². The van der Waals surface area contributed by atoms with Crippen molar-refractivity contribution in [3.8, 4) is 0 Å². The number of likely N-dealkylation sites (N-methyl/N-ethyl adjacent to an activating group) is 1. The minimum absolute atomic E-state index is 0. The van der Waals surface area contributed by atoms with E-state index in [-0.39, 0.29) is 42.4 Å². The molecule has 1 unspecified atom stereocenters. The Morgan fingerprint density at radius 3 is 2.31 bits per heavy atom. The number of ether oxygens (including phenoxy) is 1. The fourth-order valence-corrected chi connectivity index (χ4v) is 4.25. The van der Waals surface area contributed by atoms with Crippen molar-refractivity contribution >= 4 is 40.0 Å². The molecule has 1 N–H and O–H groups in total. The van der Waals surface area contributed by atoms with Crippen LogP contribution in [0.15, 0.2) is 4.99 Å². The molecule has 10 heteroatoms. The summed E-state index contributed by atoms with van der Waals surface area (Å²) in [5, 5.41) is 3.34. The molecule has 174 valence electrons. The van der Waals surface area contributed by atoms with Crippen molar-refractivity contribution < 1.29 is 13.2 Å². The molecule has 1 fully saturated rings. The van der Waals surface area contributed by atoms with Gasteiger partial charge in [-0.3, -0.25) is 4.99 Å². The molecular formula is C19H42IN5O3S. The van der Waals surface area contributed by atoms with E-state index >= 15 is 0 Å². The van der Waals surface area contributed by atoms with Crippen LogP contribution in [0.5, 0.6) is 0 Å². The van der Waals surface area contributed by atoms with E-state index in [4.69, 9.17) is 9.73 Å². The summed E-state index contributed by atoms with van der Waals surface area (Å²) in [5.41, 5.74) is 0. The first-order valence-electron chi connectivity index (χ1n) is 10.5. The summed E-state index contributed by atoms with van der Waals surface area (Å²) < 4.78 is 31.9. The van der Waals surface area contributed by atoms with Gasteiger partial charge in [0.25, 0.3) is 0 Å². The average molecular weight is 548 g/mol. The molecule has 0 amide bonds. The molecule has 0 aromatic carbocycles. The first kappa shape index (κ1) is 28.8. The molecule has 0 radical (unpaired) electrons. The maximum atomic E-state index is 12.5. The Morgan fingerprint density at radius 1 is 1.17 bits per heavy atom. The molecular weight excluding hydrogens is 505 g/mol. The lowest BCUT2D eigenvalue weighted by Gasteiger charge is -2.36. The van der Waals surface area contributed by atoms with Crippen molar-refractivity contribution in [2.75, 3.05) is 65.2 Å². The largest absolute Gasteiger partial charge is 0.378 e. The summed E-state index contributed by atoms with van der Waals surface area (Å²) in [6.07, 6.45) is 1.17. The van der Waals surface area contributed by atoms with Crippen molar-refractivity contribution in [3.63, 3.8) is 0 Å². The van der Waals surface area contributed by atoms with E-state index in [1.54, 1.807) is 4.31 Å². The fraction of sp³-hybridized carbons (Fsp3) is 0.947. The molecule has 1 aliphatic heterocycles. The van der Waals surface area contributed by atoms with Crippen LogP contribution < -0.4 is 5.32 Å². The van der Waals surface area contributed by atoms with Crippen LogP contribution in [0.3, 0.4) is 0 Å². The summed E-state index contributed by atoms with van der Waals surface area (Å²) in [7, 11) is -1.14. The van der Waals surface area contributed by atoms with Gasteiger partial charge >= 0.3 is 0 Å². The number of rotatable bonds is 11. The van der Waals surface area contributed by atoms with Crippen LogP contribution >= 0.6 is 24.0 Å². The van der Waals surface area contributed by atoms with E-state index in [9.17, 15) is 8.42 Å². The Labute approximate surface area is 195 Å². The van der Waals surface area contributed by atoms with Crippen LogP contribution in [-0.4, -0.2) is 106 Å². The molecule has 0 saturated carbocycles. The second-order valence-electron chi connectivity index (χ2n) is 7.60. The van der Waals surface area contributed by atoms with Crippen molar-refractivity contribution in [1.82, 2.24) is 19.4 Å². The average Bonchev–Trinajstić information content (AvgIpc) is 2.66. The van der Waals surface area contributed by atoms with E-state index < -0.39 is 10.0 Å². The lowest BCUT2D eigenvalue weighted by atomic mass is 10.2. The van der Waals surface area contributed by atoms with E-state index in [0.29, 0.717) is 32.2 Å². The number of halogens is 1. The van der Waals surface area contributed by atoms with Crippen LogP contribution in [0.2, 0.25) is 0 Å². The Kier molecular flexibility index (Phi) is 14.7. The SMILES string of the molecule is CCNC(=NCCN(C)C(C)CC)N1CCN(S(=O)(=O)CCOC(C)C)CC1.I. The smallest absolute Gasteiger partial charge is 0.216 e. The quantitative estimate of drug-likeness (QED) is 0.241. The van der Waals surface area contributed by atoms with Gasteiger partial charge in [-0.05, 0) is 41.2 Å². The molecule has 0 spiro atoms. The monoisotopic (exact) mass is 547 g/mol. The molecule has 29 heavy (non-hydrogen) atoms. The predicted octanol–water partition coefficient (Wildman–Crippen LogP) is 1.67. The Hall–Kier alpha value is -0.170. The van der Waals surface area contributed by atoms with Gasteiger partial charge in [0.15, 0.2) is 5.96 Å². The van der Waals surface area contributed by atoms with Gasteiger partial charge in [-0.1, -0.05) is 6.92 Å². The summed E-state index contributed by atoms with van der Waals surface area (Å²) in [6, 6.07) is 0.547. The number of hydrogen-bond acceptors (Lipinski definition) is 5. The molecule has 1 rings (SSSR count). The van der Waals surface area contributed by atoms with Crippen LogP contribution in [0.25, 0.3) is 0 Å². The zero-order valence-corrected chi connectivity index (χ0v) is 22.2. The topological polar surface area (TPSA) is 77.5 Å². The third-order valence-corrected chi connectivity index (χ3v) is 6.95. The first-order chi connectivity index (χ1) is 13.2. The van der Waals surface area contributed by atoms with Crippen molar-refractivity contribution in [1.29, 1.82) is 0 Å². The van der Waals surface area contributed by atoms with Crippen LogP contribution in [0.1, 0.15) is 41.0 Å². The molecule has 1 saturated heterocycles. The Morgan fingerprint density at radius 2 is 1.79 bits per heavy atom. The van der Waals surface area contributed by atoms with E-state index in [0.717, 1.165) is 32.0 Å². The maximum absolute atomic E-state index is 12.5. The summed E-state index contributed by atoms with van der Waals surface area (Å²) in [5.74, 6) is 0.918. The fourth-order valence-electron chi connectivity index (χ4n) is 2.97. The van der Waals surface area contributed by atoms with Gasteiger partial charge in [0.1, 0.15) is 0 Å². The molecule has 1 aliphatic rings. The van der Waals surface area contributed by atoms with Gasteiger partial charge in [-0.25, -0.2) is 8.42 Å². The summed E-state index contributed by atoms with van der Waals surface area (Å²) in [6.45, 7) is 15.2. The molecule has 8 nitrogen and oxygen atoms in total. The van der Waals surface area contributed by atoms with Crippen molar-refractivity contribution in [2.45, 2.75) is 53.2 Å². The number of nitrogens with zero attached hydrogens (tertiary/aromatic N) is 4.